The molecule has 0 saturated carbocycles. The normalized spacial score (nSPS) is 22.1. The van der Waals surface area contributed by atoms with Crippen LogP contribution in [0.1, 0.15) is 13.3 Å². The lowest BCUT2D eigenvalue weighted by molar-refractivity contribution is -0.142. The maximum absolute atomic E-state index is 11.8. The monoisotopic (exact) mass is 314 g/mol. The molecule has 1 aromatic rings. The van der Waals surface area contributed by atoms with Gasteiger partial charge in [0.2, 0.25) is 10.0 Å². The molecule has 1 heterocycles. The van der Waals surface area contributed by atoms with E-state index in [9.17, 15) is 18.3 Å². The van der Waals surface area contributed by atoms with Crippen LogP contribution < -0.4 is 10.0 Å². The molecule has 1 saturated heterocycles. The molecule has 2 rings (SSSR count). The molecule has 21 heavy (non-hydrogen) atoms. The van der Waals surface area contributed by atoms with Crippen LogP contribution in [0.5, 0.6) is 0 Å². The fraction of sp³-hybridized carbons (Fsp3) is 0.462. The van der Waals surface area contributed by atoms with E-state index in [2.05, 4.69) is 10.0 Å². The first-order valence-corrected chi connectivity index (χ1v) is 8.07. The summed E-state index contributed by atoms with van der Waals surface area (Å²) in [5.41, 5.74) is -0.611. The van der Waals surface area contributed by atoms with Crippen molar-refractivity contribution >= 4 is 21.7 Å². The Morgan fingerprint density at radius 2 is 2.05 bits per heavy atom. The molecule has 1 aliphatic heterocycles. The molecule has 0 radical (unpaired) electrons. The zero-order valence-corrected chi connectivity index (χ0v) is 12.4. The highest BCUT2D eigenvalue weighted by molar-refractivity contribution is 7.89. The molecule has 0 aliphatic carbocycles. The van der Waals surface area contributed by atoms with Crippen molar-refractivity contribution < 1.29 is 23.1 Å². The van der Waals surface area contributed by atoms with Gasteiger partial charge in [0.25, 0.3) is 0 Å². The molecule has 0 bridgehead atoms. The minimum Gasteiger partial charge on any atom is -0.479 e. The molecule has 3 N–H and O–H groups in total. The summed E-state index contributed by atoms with van der Waals surface area (Å²) in [6, 6.07) is 5.97. The molecular formula is C13H18N2O5S. The van der Waals surface area contributed by atoms with Gasteiger partial charge in [0.15, 0.2) is 5.54 Å². The number of ether oxygens (including phenoxy) is 1. The molecule has 1 atom stereocenters. The third-order valence-electron chi connectivity index (χ3n) is 3.31. The van der Waals surface area contributed by atoms with Crippen LogP contribution in [0.3, 0.4) is 0 Å². The highest BCUT2D eigenvalue weighted by Gasteiger charge is 2.42. The van der Waals surface area contributed by atoms with Crippen molar-refractivity contribution in [1.82, 2.24) is 4.72 Å². The van der Waals surface area contributed by atoms with Crippen LogP contribution in [0.4, 0.5) is 5.69 Å². The number of nitrogens with one attached hydrogen (secondary N) is 2. The van der Waals surface area contributed by atoms with Crippen LogP contribution in [0, 0.1) is 0 Å². The number of sulfonamides is 1. The van der Waals surface area contributed by atoms with Crippen molar-refractivity contribution in [3.05, 3.63) is 24.3 Å². The van der Waals surface area contributed by atoms with Crippen LogP contribution in [0.2, 0.25) is 0 Å². The summed E-state index contributed by atoms with van der Waals surface area (Å²) < 4.78 is 31.2. The van der Waals surface area contributed by atoms with Gasteiger partial charge in [-0.25, -0.2) is 17.9 Å². The predicted octanol–water partition coefficient (Wildman–Crippen LogP) is 0.640. The molecule has 7 nitrogen and oxygen atoms in total. The van der Waals surface area contributed by atoms with Gasteiger partial charge in [-0.2, -0.15) is 0 Å². The Morgan fingerprint density at radius 3 is 2.52 bits per heavy atom. The quantitative estimate of drug-likeness (QED) is 0.712. The summed E-state index contributed by atoms with van der Waals surface area (Å²) in [6.45, 7) is 2.47. The van der Waals surface area contributed by atoms with E-state index in [0.717, 1.165) is 0 Å². The number of anilines is 1. The fourth-order valence-electron chi connectivity index (χ4n) is 2.15. The molecule has 1 aromatic carbocycles. The maximum atomic E-state index is 11.8. The molecule has 0 amide bonds. The fourth-order valence-corrected chi connectivity index (χ4v) is 3.19. The first-order valence-electron chi connectivity index (χ1n) is 6.59. The molecule has 0 aromatic heterocycles. The minimum atomic E-state index is -3.50. The highest BCUT2D eigenvalue weighted by Crippen LogP contribution is 2.25. The van der Waals surface area contributed by atoms with E-state index in [0.29, 0.717) is 25.3 Å². The summed E-state index contributed by atoms with van der Waals surface area (Å²) in [5, 5.41) is 12.3. The van der Waals surface area contributed by atoms with Crippen LogP contribution in [0.25, 0.3) is 0 Å². The van der Waals surface area contributed by atoms with Gasteiger partial charge in [-0.05, 0) is 24.3 Å². The number of aliphatic carboxylic acids is 1. The average Bonchev–Trinajstić information content (AvgIpc) is 2.89. The molecule has 0 spiro atoms. The topological polar surface area (TPSA) is 105 Å². The molecular weight excluding hydrogens is 296 g/mol. The van der Waals surface area contributed by atoms with Crippen molar-refractivity contribution in [2.24, 2.45) is 0 Å². The number of carbonyl (C=O) groups is 1. The van der Waals surface area contributed by atoms with E-state index in [1.165, 1.54) is 12.1 Å². The zero-order chi connectivity index (χ0) is 15.5. The average molecular weight is 314 g/mol. The van der Waals surface area contributed by atoms with Crippen molar-refractivity contribution in [3.8, 4) is 0 Å². The van der Waals surface area contributed by atoms with E-state index in [1.54, 1.807) is 19.1 Å². The second-order valence-corrected chi connectivity index (χ2v) is 6.61. The summed E-state index contributed by atoms with van der Waals surface area (Å²) in [4.78, 5) is 11.5. The van der Waals surface area contributed by atoms with Crippen LogP contribution in [-0.4, -0.2) is 44.8 Å². The predicted molar refractivity (Wildman–Crippen MR) is 76.7 cm³/mol. The highest BCUT2D eigenvalue weighted by atomic mass is 32.2. The van der Waals surface area contributed by atoms with E-state index < -0.39 is 21.5 Å². The van der Waals surface area contributed by atoms with E-state index in [1.807, 2.05) is 0 Å². The Bertz CT molecular complexity index is 606. The SMILES string of the molecule is CCNS(=O)(=O)c1ccc(NC2(C(=O)O)CCOC2)cc1. The Labute approximate surface area is 123 Å². The summed E-state index contributed by atoms with van der Waals surface area (Å²) in [6.07, 6.45) is 0.361. The number of carboxylic acids is 1. The number of hydrogen-bond acceptors (Lipinski definition) is 5. The Morgan fingerprint density at radius 1 is 1.38 bits per heavy atom. The van der Waals surface area contributed by atoms with Gasteiger partial charge in [-0.3, -0.25) is 0 Å². The second-order valence-electron chi connectivity index (χ2n) is 4.84. The molecule has 1 aliphatic rings. The van der Waals surface area contributed by atoms with Crippen molar-refractivity contribution in [3.63, 3.8) is 0 Å². The van der Waals surface area contributed by atoms with Crippen molar-refractivity contribution in [1.29, 1.82) is 0 Å². The first-order chi connectivity index (χ1) is 9.89. The van der Waals surface area contributed by atoms with Gasteiger partial charge in [-0.15, -0.1) is 0 Å². The lowest BCUT2D eigenvalue weighted by Gasteiger charge is -2.25. The van der Waals surface area contributed by atoms with E-state index in [-0.39, 0.29) is 11.5 Å². The van der Waals surface area contributed by atoms with E-state index in [4.69, 9.17) is 4.74 Å². The number of hydrogen-bond donors (Lipinski definition) is 3. The van der Waals surface area contributed by atoms with Gasteiger partial charge < -0.3 is 15.2 Å². The Kier molecular flexibility index (Phi) is 4.50. The number of benzene rings is 1. The maximum Gasteiger partial charge on any atom is 0.331 e. The van der Waals surface area contributed by atoms with Crippen molar-refractivity contribution in [2.75, 3.05) is 25.1 Å². The van der Waals surface area contributed by atoms with Gasteiger partial charge in [0.05, 0.1) is 11.5 Å². The van der Waals surface area contributed by atoms with Gasteiger partial charge >= 0.3 is 5.97 Å². The first kappa shape index (κ1) is 15.7. The zero-order valence-electron chi connectivity index (χ0n) is 11.6. The molecule has 1 unspecified atom stereocenters. The Hall–Kier alpha value is -1.64. The largest absolute Gasteiger partial charge is 0.479 e. The third-order valence-corrected chi connectivity index (χ3v) is 4.88. The van der Waals surface area contributed by atoms with Crippen LogP contribution >= 0.6 is 0 Å². The number of carboxylic acid groups (broad SMARTS) is 1. The summed E-state index contributed by atoms with van der Waals surface area (Å²) >= 11 is 0. The molecule has 116 valence electrons. The van der Waals surface area contributed by atoms with Gasteiger partial charge in [-0.1, -0.05) is 6.92 Å². The van der Waals surface area contributed by atoms with Crippen LogP contribution in [0.15, 0.2) is 29.2 Å². The van der Waals surface area contributed by atoms with Crippen LogP contribution in [-0.2, 0) is 19.6 Å². The summed E-state index contributed by atoms with van der Waals surface area (Å²) in [7, 11) is -3.50. The van der Waals surface area contributed by atoms with Gasteiger partial charge in [0.1, 0.15) is 0 Å². The minimum absolute atomic E-state index is 0.0831. The standard InChI is InChI=1S/C13H18N2O5S/c1-2-14-21(18,19)11-5-3-10(4-6-11)15-13(12(16)17)7-8-20-9-13/h3-6,14-15H,2,7-9H2,1H3,(H,16,17). The van der Waals surface area contributed by atoms with Crippen molar-refractivity contribution in [2.45, 2.75) is 23.8 Å². The lowest BCUT2D eigenvalue weighted by atomic mass is 9.98. The Balaban J connectivity index is 2.18. The summed E-state index contributed by atoms with van der Waals surface area (Å²) in [5.74, 6) is -0.982. The molecule has 8 heteroatoms. The smallest absolute Gasteiger partial charge is 0.331 e. The second kappa shape index (κ2) is 6.00. The molecule has 1 fully saturated rings. The van der Waals surface area contributed by atoms with Gasteiger partial charge in [0, 0.05) is 25.3 Å². The van der Waals surface area contributed by atoms with E-state index >= 15 is 0 Å². The third kappa shape index (κ3) is 3.34. The number of rotatable bonds is 6. The lowest BCUT2D eigenvalue weighted by Crippen LogP contribution is -2.47.